The Morgan fingerprint density at radius 1 is 0.578 bits per heavy atom. The highest BCUT2D eigenvalue weighted by Crippen LogP contribution is 2.20. The van der Waals surface area contributed by atoms with Gasteiger partial charge < -0.3 is 45.6 Å². The van der Waals surface area contributed by atoms with E-state index < -0.39 is 60.9 Å². The van der Waals surface area contributed by atoms with E-state index >= 15 is 0 Å². The summed E-state index contributed by atoms with van der Waals surface area (Å²) in [5, 5.41) is 82.4. The number of esters is 1. The molecule has 0 radical (unpaired) electrons. The van der Waals surface area contributed by atoms with Crippen molar-refractivity contribution in [2.75, 3.05) is 0 Å². The molecule has 0 spiro atoms. The molecule has 0 saturated carbocycles. The van der Waals surface area contributed by atoms with Gasteiger partial charge in [-0.25, -0.2) is 4.79 Å². The highest BCUT2D eigenvalue weighted by atomic mass is 16.5. The molecule has 0 aromatic rings. The summed E-state index contributed by atoms with van der Waals surface area (Å²) >= 11 is 0. The SMILES string of the molecule is CC(C)[C@@H]1OC(=O)/C=C/C=C/C=C/C=C/C=C/C[C@H](O)C[C@H](O)C[C@H](O)C[C@@H](O)C[C@H](O)C[C@H](O)C[C@@H](O)C[C@@H](O)/C=C\[C@@H]1C. The molecule has 10 nitrogen and oxygen atoms in total. The van der Waals surface area contributed by atoms with E-state index in [-0.39, 0.29) is 56.8 Å². The fraction of sp³-hybridized carbons (Fsp3) is 0.629. The first-order chi connectivity index (χ1) is 21.3. The maximum Gasteiger partial charge on any atom is 0.331 e. The molecule has 0 aromatic heterocycles. The largest absolute Gasteiger partial charge is 0.458 e. The van der Waals surface area contributed by atoms with Gasteiger partial charge in [0, 0.05) is 18.4 Å². The van der Waals surface area contributed by atoms with Gasteiger partial charge in [0.05, 0.1) is 48.8 Å². The molecule has 10 atom stereocenters. The summed E-state index contributed by atoms with van der Waals surface area (Å²) in [5.74, 6) is -0.714. The van der Waals surface area contributed by atoms with Crippen LogP contribution in [0.25, 0.3) is 0 Å². The average molecular weight is 637 g/mol. The Morgan fingerprint density at radius 2 is 0.978 bits per heavy atom. The summed E-state index contributed by atoms with van der Waals surface area (Å²) < 4.78 is 5.64. The van der Waals surface area contributed by atoms with Gasteiger partial charge in [-0.1, -0.05) is 87.6 Å². The van der Waals surface area contributed by atoms with Crippen LogP contribution < -0.4 is 0 Å². The topological polar surface area (TPSA) is 188 Å². The summed E-state index contributed by atoms with van der Waals surface area (Å²) in [7, 11) is 0. The lowest BCUT2D eigenvalue weighted by molar-refractivity contribution is -0.147. The summed E-state index contributed by atoms with van der Waals surface area (Å²) in [5.41, 5.74) is 0. The number of hydrogen-bond donors (Lipinski definition) is 8. The van der Waals surface area contributed by atoms with Crippen molar-refractivity contribution in [2.24, 2.45) is 11.8 Å². The van der Waals surface area contributed by atoms with Crippen LogP contribution >= 0.6 is 0 Å². The monoisotopic (exact) mass is 636 g/mol. The van der Waals surface area contributed by atoms with Crippen LogP contribution in [0.3, 0.4) is 0 Å². The van der Waals surface area contributed by atoms with Gasteiger partial charge in [0.1, 0.15) is 6.10 Å². The van der Waals surface area contributed by atoms with Crippen molar-refractivity contribution in [3.63, 3.8) is 0 Å². The molecule has 10 heteroatoms. The smallest absolute Gasteiger partial charge is 0.331 e. The van der Waals surface area contributed by atoms with Gasteiger partial charge in [0.15, 0.2) is 0 Å². The van der Waals surface area contributed by atoms with Crippen LogP contribution in [0.15, 0.2) is 72.9 Å². The minimum absolute atomic E-state index is 0.00472. The first-order valence-electron chi connectivity index (χ1n) is 15.9. The van der Waals surface area contributed by atoms with Gasteiger partial charge in [-0.3, -0.25) is 0 Å². The molecule has 0 aliphatic carbocycles. The van der Waals surface area contributed by atoms with E-state index in [4.69, 9.17) is 4.74 Å². The quantitative estimate of drug-likeness (QED) is 0.157. The van der Waals surface area contributed by atoms with Crippen molar-refractivity contribution in [2.45, 2.75) is 127 Å². The first kappa shape index (κ1) is 40.6. The standard InChI is InChI=1S/C35H56O10/c1-24(2)35-25(3)15-16-27(37)18-29(39)20-31(41)22-33(43)23-32(42)21-30(40)19-28(38)17-26(36)13-11-9-7-5-4-6-8-10-12-14-34(44)45-35/h4-12,14-16,24-33,35-43H,13,17-23H2,1-3H3/b6-4+,7-5+,10-8+,11-9+,14-12+,16-15-/t25-,26-,27-,28-,29-,30-,31+,32+,33+,35-/m0/s1. The van der Waals surface area contributed by atoms with E-state index in [2.05, 4.69) is 0 Å². The van der Waals surface area contributed by atoms with Gasteiger partial charge in [-0.05, 0) is 50.9 Å². The summed E-state index contributed by atoms with van der Waals surface area (Å²) in [6, 6.07) is 0. The molecular weight excluding hydrogens is 580 g/mol. The minimum atomic E-state index is -1.10. The Balaban J connectivity index is 2.93. The lowest BCUT2D eigenvalue weighted by Crippen LogP contribution is -2.30. The van der Waals surface area contributed by atoms with Crippen LogP contribution in [0.5, 0.6) is 0 Å². The van der Waals surface area contributed by atoms with Crippen LogP contribution in [0.4, 0.5) is 0 Å². The van der Waals surface area contributed by atoms with Crippen molar-refractivity contribution in [3.05, 3.63) is 72.9 Å². The Kier molecular flexibility index (Phi) is 20.8. The number of hydrogen-bond acceptors (Lipinski definition) is 10. The fourth-order valence-corrected chi connectivity index (χ4v) is 5.19. The average Bonchev–Trinajstić information content (AvgIpc) is 2.91. The highest BCUT2D eigenvalue weighted by molar-refractivity contribution is 5.82. The number of cyclic esters (lactones) is 1. The van der Waals surface area contributed by atoms with E-state index in [0.29, 0.717) is 6.42 Å². The minimum Gasteiger partial charge on any atom is -0.458 e. The van der Waals surface area contributed by atoms with Gasteiger partial charge in [0.2, 0.25) is 0 Å². The lowest BCUT2D eigenvalue weighted by atomic mass is 9.93. The molecule has 1 rings (SSSR count). The third-order valence-electron chi connectivity index (χ3n) is 7.40. The fourth-order valence-electron chi connectivity index (χ4n) is 5.19. The second-order valence-corrected chi connectivity index (χ2v) is 12.4. The van der Waals surface area contributed by atoms with Crippen molar-refractivity contribution in [3.8, 4) is 0 Å². The first-order valence-corrected chi connectivity index (χ1v) is 15.9. The van der Waals surface area contributed by atoms with Crippen molar-refractivity contribution < 1.29 is 50.4 Å². The van der Waals surface area contributed by atoms with Crippen molar-refractivity contribution in [1.82, 2.24) is 0 Å². The summed E-state index contributed by atoms with van der Waals surface area (Å²) in [6.07, 6.45) is 11.4. The van der Waals surface area contributed by atoms with Crippen molar-refractivity contribution >= 4 is 5.97 Å². The molecule has 1 aliphatic heterocycles. The number of allylic oxidation sites excluding steroid dienone is 8. The maximum atomic E-state index is 12.4. The highest BCUT2D eigenvalue weighted by Gasteiger charge is 2.25. The maximum absolute atomic E-state index is 12.4. The predicted octanol–water partition coefficient (Wildman–Crippen LogP) is 2.55. The molecule has 1 heterocycles. The van der Waals surface area contributed by atoms with Gasteiger partial charge >= 0.3 is 5.97 Å². The van der Waals surface area contributed by atoms with E-state index in [9.17, 15) is 45.6 Å². The Morgan fingerprint density at radius 3 is 1.44 bits per heavy atom. The number of rotatable bonds is 1. The number of aliphatic hydroxyl groups is 8. The molecule has 8 N–H and O–H groups in total. The molecule has 0 aromatic carbocycles. The van der Waals surface area contributed by atoms with E-state index in [1.807, 2.05) is 20.8 Å². The van der Waals surface area contributed by atoms with Crippen LogP contribution in [0.1, 0.15) is 72.1 Å². The third kappa shape index (κ3) is 20.4. The normalized spacial score (nSPS) is 39.3. The Hall–Kier alpha value is -2.41. The zero-order valence-electron chi connectivity index (χ0n) is 26.8. The van der Waals surface area contributed by atoms with Crippen LogP contribution in [-0.4, -0.2) is 102 Å². The molecule has 0 unspecified atom stereocenters. The zero-order chi connectivity index (χ0) is 33.8. The predicted molar refractivity (Wildman–Crippen MR) is 174 cm³/mol. The number of carbonyl (C=O) groups excluding carboxylic acids is 1. The van der Waals surface area contributed by atoms with Crippen LogP contribution in [0.2, 0.25) is 0 Å². The van der Waals surface area contributed by atoms with Crippen LogP contribution in [0, 0.1) is 11.8 Å². The number of ether oxygens (including phenoxy) is 1. The van der Waals surface area contributed by atoms with Gasteiger partial charge in [-0.2, -0.15) is 0 Å². The van der Waals surface area contributed by atoms with Crippen molar-refractivity contribution in [1.29, 1.82) is 0 Å². The molecule has 45 heavy (non-hydrogen) atoms. The molecule has 0 fully saturated rings. The summed E-state index contributed by atoms with van der Waals surface area (Å²) in [6.45, 7) is 5.72. The number of carbonyl (C=O) groups is 1. The van der Waals surface area contributed by atoms with E-state index in [0.717, 1.165) is 0 Å². The molecule has 1 aliphatic rings. The zero-order valence-corrected chi connectivity index (χ0v) is 26.8. The molecule has 0 amide bonds. The van der Waals surface area contributed by atoms with E-state index in [1.165, 1.54) is 12.2 Å². The van der Waals surface area contributed by atoms with Gasteiger partial charge in [0.25, 0.3) is 0 Å². The van der Waals surface area contributed by atoms with Gasteiger partial charge in [-0.15, -0.1) is 0 Å². The van der Waals surface area contributed by atoms with E-state index in [1.54, 1.807) is 60.8 Å². The number of aliphatic hydroxyl groups excluding tert-OH is 8. The second kappa shape index (κ2) is 23.0. The lowest BCUT2D eigenvalue weighted by Gasteiger charge is -2.25. The summed E-state index contributed by atoms with van der Waals surface area (Å²) in [4.78, 5) is 12.4. The van der Waals surface area contributed by atoms with Crippen LogP contribution in [-0.2, 0) is 9.53 Å². The second-order valence-electron chi connectivity index (χ2n) is 12.4. The Labute approximate surface area is 268 Å². The molecular formula is C35H56O10. The Bertz CT molecular complexity index is 985. The third-order valence-corrected chi connectivity index (χ3v) is 7.40. The molecule has 0 bridgehead atoms. The molecule has 256 valence electrons. The molecule has 0 saturated heterocycles.